The molecule has 0 aromatic heterocycles. The minimum absolute atomic E-state index is 0.190. The van der Waals surface area contributed by atoms with Gasteiger partial charge in [-0.25, -0.2) is 0 Å². The van der Waals surface area contributed by atoms with Crippen molar-refractivity contribution in [2.75, 3.05) is 13.2 Å². The molecule has 1 radical (unpaired) electrons. The van der Waals surface area contributed by atoms with Crippen LogP contribution in [0.25, 0.3) is 0 Å². The number of aliphatic hydroxyl groups excluding tert-OH is 1. The highest BCUT2D eigenvalue weighted by molar-refractivity contribution is 5.91. The molecule has 0 aromatic carbocycles. The van der Waals surface area contributed by atoms with Crippen LogP contribution in [-0.2, 0) is 19.2 Å². The van der Waals surface area contributed by atoms with Crippen molar-refractivity contribution in [2.45, 2.75) is 37.9 Å². The number of hydrogen-bond donors (Lipinski definition) is 7. The number of nitrogens with one attached hydrogen (secondary N) is 5. The van der Waals surface area contributed by atoms with E-state index in [0.29, 0.717) is 13.0 Å². The van der Waals surface area contributed by atoms with Gasteiger partial charge in [-0.2, -0.15) is 0 Å². The van der Waals surface area contributed by atoms with Gasteiger partial charge in [0, 0.05) is 6.54 Å². The minimum atomic E-state index is -1.16. The molecular formula is C13H23N6O5. The van der Waals surface area contributed by atoms with Crippen molar-refractivity contribution in [1.29, 1.82) is 5.41 Å². The predicted octanol–water partition coefficient (Wildman–Crippen LogP) is -3.54. The van der Waals surface area contributed by atoms with Gasteiger partial charge < -0.3 is 32.1 Å². The SMILES string of the molecule is C[C@H](NC(=O)[C@@H](CO)NC=O)C(=O)N[C@H]([C]=O)CCCNC(=N)N. The third-order valence-electron chi connectivity index (χ3n) is 2.96. The molecule has 0 saturated heterocycles. The molecule has 0 aliphatic carbocycles. The van der Waals surface area contributed by atoms with Gasteiger partial charge >= 0.3 is 0 Å². The molecule has 0 aliphatic heterocycles. The summed E-state index contributed by atoms with van der Waals surface area (Å²) in [5, 5.41) is 25.3. The predicted molar refractivity (Wildman–Crippen MR) is 84.5 cm³/mol. The topological polar surface area (TPSA) is 186 Å². The molecule has 0 heterocycles. The maximum absolute atomic E-state index is 11.9. The van der Waals surface area contributed by atoms with Crippen LogP contribution in [-0.4, -0.2) is 66.9 Å². The second-order valence-corrected chi connectivity index (χ2v) is 4.91. The van der Waals surface area contributed by atoms with E-state index in [4.69, 9.17) is 16.2 Å². The van der Waals surface area contributed by atoms with Gasteiger partial charge in [0.05, 0.1) is 12.6 Å². The van der Waals surface area contributed by atoms with Crippen LogP contribution in [0.1, 0.15) is 19.8 Å². The highest BCUT2D eigenvalue weighted by Crippen LogP contribution is 1.96. The molecule has 0 unspecified atom stereocenters. The Balaban J connectivity index is 4.34. The number of carbonyl (C=O) groups is 3. The maximum atomic E-state index is 11.9. The minimum Gasteiger partial charge on any atom is -0.394 e. The van der Waals surface area contributed by atoms with Crippen molar-refractivity contribution in [3.8, 4) is 0 Å². The van der Waals surface area contributed by atoms with E-state index in [1.165, 1.54) is 6.92 Å². The van der Waals surface area contributed by atoms with Crippen molar-refractivity contribution in [1.82, 2.24) is 21.3 Å². The smallest absolute Gasteiger partial charge is 0.245 e. The number of carbonyl (C=O) groups excluding carboxylic acids is 4. The molecule has 3 atom stereocenters. The molecule has 3 amide bonds. The molecule has 135 valence electrons. The normalized spacial score (nSPS) is 13.8. The standard InChI is InChI=1S/C13H23N6O5/c1-8(18-12(24)10(6-21)17-7-22)11(23)19-9(5-20)3-2-4-16-13(14)15/h7-10,21H,2-4,6H2,1H3,(H,17,22)(H,18,24)(H,19,23)(H4,14,15,16)/t8-,9-,10+/m0/s1. The van der Waals surface area contributed by atoms with Gasteiger partial charge in [0.15, 0.2) is 5.96 Å². The van der Waals surface area contributed by atoms with E-state index < -0.39 is 36.5 Å². The summed E-state index contributed by atoms with van der Waals surface area (Å²) >= 11 is 0. The van der Waals surface area contributed by atoms with E-state index >= 15 is 0 Å². The third-order valence-corrected chi connectivity index (χ3v) is 2.96. The number of amides is 3. The molecule has 0 fully saturated rings. The zero-order valence-corrected chi connectivity index (χ0v) is 13.3. The van der Waals surface area contributed by atoms with Crippen LogP contribution in [0.2, 0.25) is 0 Å². The molecule has 0 saturated carbocycles. The largest absolute Gasteiger partial charge is 0.394 e. The van der Waals surface area contributed by atoms with Crippen molar-refractivity contribution in [2.24, 2.45) is 5.73 Å². The van der Waals surface area contributed by atoms with E-state index in [2.05, 4.69) is 21.3 Å². The average Bonchev–Trinajstić information content (AvgIpc) is 2.54. The summed E-state index contributed by atoms with van der Waals surface area (Å²) in [6, 6.07) is -3.01. The van der Waals surface area contributed by atoms with Crippen LogP contribution in [0.5, 0.6) is 0 Å². The fourth-order valence-corrected chi connectivity index (χ4v) is 1.66. The zero-order chi connectivity index (χ0) is 18.5. The Morgan fingerprint density at radius 1 is 1.33 bits per heavy atom. The summed E-state index contributed by atoms with van der Waals surface area (Å²) in [7, 11) is 0. The first-order valence-electron chi connectivity index (χ1n) is 7.22. The highest BCUT2D eigenvalue weighted by Gasteiger charge is 2.23. The van der Waals surface area contributed by atoms with Gasteiger partial charge in [-0.3, -0.25) is 24.6 Å². The Morgan fingerprint density at radius 2 is 2.00 bits per heavy atom. The van der Waals surface area contributed by atoms with Crippen LogP contribution < -0.4 is 27.0 Å². The van der Waals surface area contributed by atoms with E-state index in [-0.39, 0.29) is 18.8 Å². The van der Waals surface area contributed by atoms with Gasteiger partial charge in [0.25, 0.3) is 0 Å². The summed E-state index contributed by atoms with van der Waals surface area (Å²) in [5.74, 6) is -1.53. The van der Waals surface area contributed by atoms with Crippen LogP contribution in [0, 0.1) is 5.41 Å². The van der Waals surface area contributed by atoms with E-state index in [9.17, 15) is 19.2 Å². The number of hydrogen-bond acceptors (Lipinski definition) is 6. The lowest BCUT2D eigenvalue weighted by Crippen LogP contribution is -2.54. The molecule has 0 spiro atoms. The fraction of sp³-hybridized carbons (Fsp3) is 0.615. The molecule has 0 bridgehead atoms. The molecule has 11 nitrogen and oxygen atoms in total. The third kappa shape index (κ3) is 8.68. The first kappa shape index (κ1) is 21.3. The lowest BCUT2D eigenvalue weighted by atomic mass is 10.1. The van der Waals surface area contributed by atoms with Crippen molar-refractivity contribution < 1.29 is 24.3 Å². The van der Waals surface area contributed by atoms with Crippen molar-refractivity contribution in [3.63, 3.8) is 0 Å². The lowest BCUT2D eigenvalue weighted by Gasteiger charge is -2.20. The fourth-order valence-electron chi connectivity index (χ4n) is 1.66. The zero-order valence-electron chi connectivity index (χ0n) is 13.3. The van der Waals surface area contributed by atoms with Crippen molar-refractivity contribution in [3.05, 3.63) is 0 Å². The summed E-state index contributed by atoms with van der Waals surface area (Å²) in [6.07, 6.45) is 2.69. The Labute approximate surface area is 139 Å². The van der Waals surface area contributed by atoms with Gasteiger partial charge in [-0.05, 0) is 19.8 Å². The second-order valence-electron chi connectivity index (χ2n) is 4.91. The summed E-state index contributed by atoms with van der Waals surface area (Å²) in [4.78, 5) is 44.8. The maximum Gasteiger partial charge on any atom is 0.245 e. The molecule has 8 N–H and O–H groups in total. The van der Waals surface area contributed by atoms with Gasteiger partial charge in [-0.15, -0.1) is 0 Å². The van der Waals surface area contributed by atoms with E-state index in [1.54, 1.807) is 6.29 Å². The highest BCUT2D eigenvalue weighted by atomic mass is 16.3. The first-order valence-corrected chi connectivity index (χ1v) is 7.22. The van der Waals surface area contributed by atoms with Crippen LogP contribution >= 0.6 is 0 Å². The Morgan fingerprint density at radius 3 is 2.50 bits per heavy atom. The monoisotopic (exact) mass is 343 g/mol. The molecule has 11 heteroatoms. The Bertz CT molecular complexity index is 458. The van der Waals surface area contributed by atoms with Crippen LogP contribution in [0.4, 0.5) is 0 Å². The number of nitrogens with two attached hydrogens (primary N) is 1. The average molecular weight is 343 g/mol. The summed E-state index contributed by atoms with van der Waals surface area (Å²) in [6.45, 7) is 1.14. The second kappa shape index (κ2) is 11.8. The molecule has 0 rings (SSSR count). The quantitative estimate of drug-likeness (QED) is 0.0826. The summed E-state index contributed by atoms with van der Waals surface area (Å²) in [5.41, 5.74) is 5.11. The van der Waals surface area contributed by atoms with Crippen LogP contribution in [0.15, 0.2) is 0 Å². The van der Waals surface area contributed by atoms with Gasteiger partial charge in [0.1, 0.15) is 12.1 Å². The first-order chi connectivity index (χ1) is 11.3. The Kier molecular flexibility index (Phi) is 10.5. The molecule has 0 aromatic rings. The number of aliphatic hydroxyl groups is 1. The molecule has 24 heavy (non-hydrogen) atoms. The van der Waals surface area contributed by atoms with Gasteiger partial charge in [0.2, 0.25) is 24.5 Å². The molecular weight excluding hydrogens is 320 g/mol. The summed E-state index contributed by atoms with van der Waals surface area (Å²) < 4.78 is 0. The van der Waals surface area contributed by atoms with Gasteiger partial charge in [-0.1, -0.05) is 0 Å². The number of rotatable bonds is 12. The van der Waals surface area contributed by atoms with Crippen LogP contribution in [0.3, 0.4) is 0 Å². The lowest BCUT2D eigenvalue weighted by molar-refractivity contribution is -0.131. The van der Waals surface area contributed by atoms with E-state index in [1.807, 2.05) is 0 Å². The molecule has 0 aliphatic rings. The van der Waals surface area contributed by atoms with Crippen molar-refractivity contribution >= 4 is 30.5 Å². The Hall–Kier alpha value is -2.69. The van der Waals surface area contributed by atoms with E-state index in [0.717, 1.165) is 0 Å². The number of guanidine groups is 1.